The molecular weight excluding hydrogens is 533 g/mol. The van der Waals surface area contributed by atoms with Crippen molar-refractivity contribution in [3.05, 3.63) is 67.2 Å². The Morgan fingerprint density at radius 2 is 1.97 bits per heavy atom. The number of aliphatic carboxylic acids is 1. The first kappa shape index (κ1) is 21.5. The lowest BCUT2D eigenvalue weighted by molar-refractivity contribution is -0.139. The highest BCUT2D eigenvalue weighted by molar-refractivity contribution is 9.11. The van der Waals surface area contributed by atoms with Gasteiger partial charge in [-0.1, -0.05) is 34.1 Å². The maximum absolute atomic E-state index is 13.9. The van der Waals surface area contributed by atoms with E-state index in [1.165, 1.54) is 24.3 Å². The summed E-state index contributed by atoms with van der Waals surface area (Å²) < 4.78 is 20.3. The first-order valence-corrected chi connectivity index (χ1v) is 10.5. The summed E-state index contributed by atoms with van der Waals surface area (Å²) in [5.74, 6) is -2.01. The van der Waals surface area contributed by atoms with Crippen LogP contribution in [0.5, 0.6) is 5.75 Å². The van der Waals surface area contributed by atoms with Crippen molar-refractivity contribution in [1.82, 2.24) is 4.90 Å². The molecule has 29 heavy (non-hydrogen) atoms. The number of carboxylic acid groups (broad SMARTS) is 1. The van der Waals surface area contributed by atoms with Crippen molar-refractivity contribution < 1.29 is 28.6 Å². The van der Waals surface area contributed by atoms with E-state index < -0.39 is 29.5 Å². The third-order valence-electron chi connectivity index (χ3n) is 3.82. The molecule has 0 spiro atoms. The molecule has 0 atom stereocenters. The van der Waals surface area contributed by atoms with Crippen LogP contribution in [-0.4, -0.2) is 33.7 Å². The first-order valence-electron chi connectivity index (χ1n) is 8.08. The number of nitrogens with zero attached hydrogens (tertiary/aromatic N) is 1. The molecule has 2 aromatic carbocycles. The Bertz CT molecular complexity index is 1040. The van der Waals surface area contributed by atoms with Crippen molar-refractivity contribution in [2.45, 2.75) is 6.54 Å². The minimum atomic E-state index is -1.16. The Balaban J connectivity index is 1.91. The molecule has 2 aromatic rings. The van der Waals surface area contributed by atoms with Crippen molar-refractivity contribution in [2.75, 3.05) is 6.61 Å². The monoisotopic (exact) mass is 543 g/mol. The van der Waals surface area contributed by atoms with Crippen LogP contribution < -0.4 is 4.74 Å². The number of hydrogen-bond donors (Lipinski definition) is 1. The number of carbonyl (C=O) groups excluding carboxylic acids is 2. The molecule has 1 heterocycles. The summed E-state index contributed by atoms with van der Waals surface area (Å²) in [7, 11) is 0. The highest BCUT2D eigenvalue weighted by Crippen LogP contribution is 2.38. The van der Waals surface area contributed by atoms with Crippen molar-refractivity contribution in [3.8, 4) is 5.75 Å². The Morgan fingerprint density at radius 3 is 2.66 bits per heavy atom. The Morgan fingerprint density at radius 1 is 1.24 bits per heavy atom. The molecule has 2 amide bonds. The predicted molar refractivity (Wildman–Crippen MR) is 113 cm³/mol. The van der Waals surface area contributed by atoms with Gasteiger partial charge in [-0.15, -0.1) is 0 Å². The normalized spacial score (nSPS) is 15.3. The standard InChI is InChI=1S/C19H12Br2FNO5S/c20-12-5-11(17(13(21)7-12)28-9-16(24)25)6-15-18(26)23(19(27)29-15)8-10-3-1-2-4-14(10)22/h1-7H,8-9H2,(H,24,25)/b15-6-. The van der Waals surface area contributed by atoms with Crippen LogP contribution in [0.4, 0.5) is 9.18 Å². The van der Waals surface area contributed by atoms with E-state index in [9.17, 15) is 18.8 Å². The molecule has 10 heteroatoms. The van der Waals surface area contributed by atoms with E-state index in [1.54, 1.807) is 18.2 Å². The number of thioether (sulfide) groups is 1. The zero-order valence-electron chi connectivity index (χ0n) is 14.5. The minimum Gasteiger partial charge on any atom is -0.480 e. The molecular formula is C19H12Br2FNO5S. The van der Waals surface area contributed by atoms with E-state index >= 15 is 0 Å². The minimum absolute atomic E-state index is 0.122. The molecule has 1 saturated heterocycles. The first-order chi connectivity index (χ1) is 13.8. The van der Waals surface area contributed by atoms with Crippen LogP contribution in [0.2, 0.25) is 0 Å². The summed E-state index contributed by atoms with van der Waals surface area (Å²) in [5, 5.41) is 8.34. The molecule has 0 saturated carbocycles. The van der Waals surface area contributed by atoms with E-state index in [0.717, 1.165) is 16.7 Å². The molecule has 0 aliphatic carbocycles. The van der Waals surface area contributed by atoms with Gasteiger partial charge in [-0.25, -0.2) is 9.18 Å². The predicted octanol–water partition coefficient (Wildman–Crippen LogP) is 5.05. The zero-order chi connectivity index (χ0) is 21.1. The van der Waals surface area contributed by atoms with E-state index in [-0.39, 0.29) is 22.8 Å². The Hall–Kier alpha value is -2.17. The number of carboxylic acids is 1. The van der Waals surface area contributed by atoms with E-state index in [0.29, 0.717) is 14.5 Å². The van der Waals surface area contributed by atoms with Gasteiger partial charge < -0.3 is 9.84 Å². The summed E-state index contributed by atoms with van der Waals surface area (Å²) in [5.41, 5.74) is 0.635. The third-order valence-corrected chi connectivity index (χ3v) is 5.78. The number of benzene rings is 2. The van der Waals surface area contributed by atoms with Crippen LogP contribution in [0.1, 0.15) is 11.1 Å². The van der Waals surface area contributed by atoms with Crippen LogP contribution in [0, 0.1) is 5.82 Å². The van der Waals surface area contributed by atoms with Crippen LogP contribution in [-0.2, 0) is 16.1 Å². The van der Waals surface area contributed by atoms with Crippen molar-refractivity contribution >= 4 is 66.8 Å². The quantitative estimate of drug-likeness (QED) is 0.512. The Labute approximate surface area is 186 Å². The van der Waals surface area contributed by atoms with Gasteiger partial charge in [0.05, 0.1) is 15.9 Å². The molecule has 0 bridgehead atoms. The lowest BCUT2D eigenvalue weighted by Crippen LogP contribution is -2.27. The van der Waals surface area contributed by atoms with Gasteiger partial charge >= 0.3 is 5.97 Å². The van der Waals surface area contributed by atoms with E-state index in [1.807, 2.05) is 0 Å². The summed E-state index contributed by atoms with van der Waals surface area (Å²) >= 11 is 7.35. The van der Waals surface area contributed by atoms with Gasteiger partial charge in [0.2, 0.25) is 0 Å². The van der Waals surface area contributed by atoms with Crippen molar-refractivity contribution in [1.29, 1.82) is 0 Å². The lowest BCUT2D eigenvalue weighted by Gasteiger charge is -2.13. The number of imide groups is 1. The largest absolute Gasteiger partial charge is 0.480 e. The molecule has 6 nitrogen and oxygen atoms in total. The average Bonchev–Trinajstić information content (AvgIpc) is 2.90. The van der Waals surface area contributed by atoms with Crippen molar-refractivity contribution in [2.24, 2.45) is 0 Å². The molecule has 1 fully saturated rings. The summed E-state index contributed by atoms with van der Waals surface area (Å²) in [6, 6.07) is 9.21. The average molecular weight is 545 g/mol. The number of hydrogen-bond acceptors (Lipinski definition) is 5. The Kier molecular flexibility index (Phi) is 6.76. The van der Waals surface area contributed by atoms with Crippen LogP contribution >= 0.6 is 43.6 Å². The fourth-order valence-electron chi connectivity index (χ4n) is 2.55. The number of amides is 2. The fourth-order valence-corrected chi connectivity index (χ4v) is 4.75. The number of carbonyl (C=O) groups is 3. The number of ether oxygens (including phenoxy) is 1. The highest BCUT2D eigenvalue weighted by atomic mass is 79.9. The summed E-state index contributed by atoms with van der Waals surface area (Å²) in [4.78, 5) is 37.0. The highest BCUT2D eigenvalue weighted by Gasteiger charge is 2.35. The van der Waals surface area contributed by atoms with Gasteiger partial charge in [0, 0.05) is 15.6 Å². The molecule has 1 aliphatic rings. The van der Waals surface area contributed by atoms with Crippen LogP contribution in [0.25, 0.3) is 6.08 Å². The maximum atomic E-state index is 13.9. The van der Waals surface area contributed by atoms with Crippen LogP contribution in [0.3, 0.4) is 0 Å². The van der Waals surface area contributed by atoms with Gasteiger partial charge in [-0.3, -0.25) is 14.5 Å². The second-order valence-corrected chi connectivity index (χ2v) is 8.61. The molecule has 0 radical (unpaired) electrons. The van der Waals surface area contributed by atoms with Gasteiger partial charge in [-0.05, 0) is 52.0 Å². The molecule has 0 aromatic heterocycles. The summed E-state index contributed by atoms with van der Waals surface area (Å²) in [6.45, 7) is -0.755. The topological polar surface area (TPSA) is 83.9 Å². The van der Waals surface area contributed by atoms with Crippen molar-refractivity contribution in [3.63, 3.8) is 0 Å². The molecule has 150 valence electrons. The summed E-state index contributed by atoms with van der Waals surface area (Å²) in [6.07, 6.45) is 1.44. The van der Waals surface area contributed by atoms with E-state index in [2.05, 4.69) is 31.9 Å². The second kappa shape index (κ2) is 9.10. The van der Waals surface area contributed by atoms with Gasteiger partial charge in [0.15, 0.2) is 6.61 Å². The lowest BCUT2D eigenvalue weighted by atomic mass is 10.1. The molecule has 0 unspecified atom stereocenters. The smallest absolute Gasteiger partial charge is 0.341 e. The molecule has 1 aliphatic heterocycles. The second-order valence-electron chi connectivity index (χ2n) is 5.85. The fraction of sp³-hybridized carbons (Fsp3) is 0.105. The zero-order valence-corrected chi connectivity index (χ0v) is 18.5. The van der Waals surface area contributed by atoms with Gasteiger partial charge in [-0.2, -0.15) is 0 Å². The molecule has 3 rings (SSSR count). The number of halogens is 3. The van der Waals surface area contributed by atoms with Gasteiger partial charge in [0.25, 0.3) is 11.1 Å². The SMILES string of the molecule is O=C(O)COc1c(Br)cc(Br)cc1/C=C1\SC(=O)N(Cc2ccccc2F)C1=O. The van der Waals surface area contributed by atoms with E-state index in [4.69, 9.17) is 9.84 Å². The maximum Gasteiger partial charge on any atom is 0.341 e. The van der Waals surface area contributed by atoms with Gasteiger partial charge in [0.1, 0.15) is 11.6 Å². The number of rotatable bonds is 6. The molecule has 1 N–H and O–H groups in total. The van der Waals surface area contributed by atoms with Crippen LogP contribution in [0.15, 0.2) is 50.2 Å². The third kappa shape index (κ3) is 5.06.